The van der Waals surface area contributed by atoms with Gasteiger partial charge in [0, 0.05) is 12.6 Å². The number of rotatable bonds is 6. The number of hydrogen-bond acceptors (Lipinski definition) is 3. The third-order valence-electron chi connectivity index (χ3n) is 2.35. The zero-order valence-corrected chi connectivity index (χ0v) is 10.7. The van der Waals surface area contributed by atoms with Crippen LogP contribution in [0.2, 0.25) is 0 Å². The van der Waals surface area contributed by atoms with Crippen molar-refractivity contribution in [3.63, 3.8) is 0 Å². The fraction of sp³-hybridized carbons (Fsp3) is 0.455. The summed E-state index contributed by atoms with van der Waals surface area (Å²) in [6.07, 6.45) is 0. The second-order valence-electron chi connectivity index (χ2n) is 3.93. The molecule has 0 saturated carbocycles. The van der Waals surface area contributed by atoms with Crippen LogP contribution in [-0.4, -0.2) is 28.1 Å². The van der Waals surface area contributed by atoms with E-state index in [2.05, 4.69) is 10.0 Å². The Labute approximate surface area is 101 Å². The highest BCUT2D eigenvalue weighted by Gasteiger charge is 2.12. The van der Waals surface area contributed by atoms with Crippen molar-refractivity contribution < 1.29 is 12.8 Å². The number of likely N-dealkylation sites (N-methyl/N-ethyl adjacent to an activating group) is 1. The first-order valence-electron chi connectivity index (χ1n) is 5.32. The van der Waals surface area contributed by atoms with E-state index in [1.165, 1.54) is 18.2 Å². The Morgan fingerprint density at radius 2 is 2.12 bits per heavy atom. The van der Waals surface area contributed by atoms with Gasteiger partial charge in [-0.05, 0) is 31.7 Å². The predicted octanol–water partition coefficient (Wildman–Crippen LogP) is 0.853. The van der Waals surface area contributed by atoms with Gasteiger partial charge in [0.15, 0.2) is 0 Å². The molecular formula is C11H17FN2O2S. The molecule has 0 aromatic heterocycles. The van der Waals surface area contributed by atoms with Crippen molar-refractivity contribution in [2.75, 3.05) is 13.6 Å². The molecule has 0 aliphatic carbocycles. The summed E-state index contributed by atoms with van der Waals surface area (Å²) in [5.41, 5.74) is 0.439. The lowest BCUT2D eigenvalue weighted by molar-refractivity contribution is 0.553. The predicted molar refractivity (Wildman–Crippen MR) is 65.5 cm³/mol. The fourth-order valence-electron chi connectivity index (χ4n) is 1.25. The Morgan fingerprint density at radius 1 is 1.41 bits per heavy atom. The number of benzene rings is 1. The van der Waals surface area contributed by atoms with Crippen molar-refractivity contribution in [3.05, 3.63) is 35.6 Å². The van der Waals surface area contributed by atoms with Crippen LogP contribution < -0.4 is 10.0 Å². The Balaban J connectivity index is 2.61. The maximum absolute atomic E-state index is 12.9. The normalized spacial score (nSPS) is 13.6. The lowest BCUT2D eigenvalue weighted by Crippen LogP contribution is -2.37. The third-order valence-corrected chi connectivity index (χ3v) is 3.67. The summed E-state index contributed by atoms with van der Waals surface area (Å²) < 4.78 is 38.7. The molecule has 6 heteroatoms. The van der Waals surface area contributed by atoms with E-state index < -0.39 is 15.8 Å². The first-order valence-corrected chi connectivity index (χ1v) is 6.97. The van der Waals surface area contributed by atoms with E-state index in [9.17, 15) is 12.8 Å². The van der Waals surface area contributed by atoms with E-state index in [1.54, 1.807) is 13.1 Å². The molecule has 0 bridgehead atoms. The molecule has 2 N–H and O–H groups in total. The lowest BCUT2D eigenvalue weighted by Gasteiger charge is -2.11. The van der Waals surface area contributed by atoms with Crippen LogP contribution in [0.5, 0.6) is 0 Å². The Hall–Kier alpha value is -0.980. The van der Waals surface area contributed by atoms with Crippen LogP contribution in [0, 0.1) is 5.82 Å². The maximum atomic E-state index is 12.9. The molecule has 1 aromatic carbocycles. The number of sulfonamides is 1. The van der Waals surface area contributed by atoms with Gasteiger partial charge in [-0.2, -0.15) is 0 Å². The Kier molecular flexibility index (Phi) is 5.04. The molecule has 0 amide bonds. The van der Waals surface area contributed by atoms with Gasteiger partial charge in [0.05, 0.1) is 5.75 Å². The average molecular weight is 260 g/mol. The minimum atomic E-state index is -3.41. The van der Waals surface area contributed by atoms with E-state index >= 15 is 0 Å². The van der Waals surface area contributed by atoms with Crippen molar-refractivity contribution >= 4 is 10.0 Å². The highest BCUT2D eigenvalue weighted by molar-refractivity contribution is 7.88. The smallest absolute Gasteiger partial charge is 0.215 e. The van der Waals surface area contributed by atoms with Crippen molar-refractivity contribution in [1.29, 1.82) is 0 Å². The minimum absolute atomic E-state index is 0.0530. The molecule has 0 radical (unpaired) electrons. The van der Waals surface area contributed by atoms with Gasteiger partial charge >= 0.3 is 0 Å². The van der Waals surface area contributed by atoms with Gasteiger partial charge in [-0.15, -0.1) is 0 Å². The molecule has 4 nitrogen and oxygen atoms in total. The number of nitrogens with one attached hydrogen (secondary N) is 2. The zero-order valence-electron chi connectivity index (χ0n) is 9.90. The quantitative estimate of drug-likeness (QED) is 0.797. The van der Waals surface area contributed by atoms with E-state index in [1.807, 2.05) is 6.92 Å². The Bertz CT molecular complexity index is 462. The van der Waals surface area contributed by atoms with Gasteiger partial charge in [0.25, 0.3) is 0 Å². The maximum Gasteiger partial charge on any atom is 0.215 e. The molecule has 0 aliphatic rings. The molecule has 0 fully saturated rings. The molecule has 0 aliphatic heterocycles. The molecule has 1 atom stereocenters. The summed E-state index contributed by atoms with van der Waals surface area (Å²) in [6.45, 7) is 2.18. The second-order valence-corrected chi connectivity index (χ2v) is 5.73. The number of halogens is 1. The molecule has 17 heavy (non-hydrogen) atoms. The molecule has 1 unspecified atom stereocenters. The van der Waals surface area contributed by atoms with Crippen LogP contribution in [0.1, 0.15) is 12.5 Å². The van der Waals surface area contributed by atoms with Gasteiger partial charge in [-0.1, -0.05) is 12.1 Å². The van der Waals surface area contributed by atoms with E-state index in [4.69, 9.17) is 0 Å². The zero-order chi connectivity index (χ0) is 12.9. The summed E-state index contributed by atoms with van der Waals surface area (Å²) in [7, 11) is -1.66. The van der Waals surface area contributed by atoms with Crippen LogP contribution in [0.3, 0.4) is 0 Å². The fourth-order valence-corrected chi connectivity index (χ4v) is 2.48. The third kappa shape index (κ3) is 5.25. The molecule has 1 aromatic rings. The highest BCUT2D eigenvalue weighted by atomic mass is 32.2. The first kappa shape index (κ1) is 14.1. The molecule has 0 saturated heterocycles. The monoisotopic (exact) mass is 260 g/mol. The first-order chi connectivity index (χ1) is 7.93. The topological polar surface area (TPSA) is 58.2 Å². The standard InChI is InChI=1S/C11H17FN2O2S/c1-9(13-2)7-14-17(15,16)8-10-4-3-5-11(12)6-10/h3-6,9,13-14H,7-8H2,1-2H3. The van der Waals surface area contributed by atoms with Crippen LogP contribution >= 0.6 is 0 Å². The van der Waals surface area contributed by atoms with Gasteiger partial charge in [0.1, 0.15) is 5.82 Å². The average Bonchev–Trinajstić information content (AvgIpc) is 2.25. The van der Waals surface area contributed by atoms with E-state index in [0.29, 0.717) is 12.1 Å². The Morgan fingerprint density at radius 3 is 2.71 bits per heavy atom. The van der Waals surface area contributed by atoms with Crippen molar-refractivity contribution in [2.45, 2.75) is 18.7 Å². The van der Waals surface area contributed by atoms with Crippen LogP contribution in [0.15, 0.2) is 24.3 Å². The van der Waals surface area contributed by atoms with Crippen LogP contribution in [-0.2, 0) is 15.8 Å². The summed E-state index contributed by atoms with van der Waals surface area (Å²) >= 11 is 0. The molecule has 0 heterocycles. The van der Waals surface area contributed by atoms with Gasteiger partial charge in [-0.25, -0.2) is 17.5 Å². The van der Waals surface area contributed by atoms with Crippen molar-refractivity contribution in [2.24, 2.45) is 0 Å². The van der Waals surface area contributed by atoms with Crippen LogP contribution in [0.25, 0.3) is 0 Å². The van der Waals surface area contributed by atoms with E-state index in [0.717, 1.165) is 0 Å². The van der Waals surface area contributed by atoms with Crippen molar-refractivity contribution in [3.8, 4) is 0 Å². The van der Waals surface area contributed by atoms with Gasteiger partial charge < -0.3 is 5.32 Å². The number of hydrogen-bond donors (Lipinski definition) is 2. The summed E-state index contributed by atoms with van der Waals surface area (Å²) in [5, 5.41) is 2.92. The minimum Gasteiger partial charge on any atom is -0.316 e. The molecule has 0 spiro atoms. The molecule has 96 valence electrons. The lowest BCUT2D eigenvalue weighted by atomic mass is 10.2. The van der Waals surface area contributed by atoms with Crippen molar-refractivity contribution in [1.82, 2.24) is 10.0 Å². The van der Waals surface area contributed by atoms with E-state index in [-0.39, 0.29) is 11.8 Å². The molecular weight excluding hydrogens is 243 g/mol. The summed E-state index contributed by atoms with van der Waals surface area (Å²) in [5.74, 6) is -0.637. The highest BCUT2D eigenvalue weighted by Crippen LogP contribution is 2.07. The second kappa shape index (κ2) is 6.09. The van der Waals surface area contributed by atoms with Gasteiger partial charge in [0.2, 0.25) is 10.0 Å². The summed E-state index contributed by atoms with van der Waals surface area (Å²) in [6, 6.07) is 5.64. The molecule has 1 rings (SSSR count). The SMILES string of the molecule is CNC(C)CNS(=O)(=O)Cc1cccc(F)c1. The summed E-state index contributed by atoms with van der Waals surface area (Å²) in [4.78, 5) is 0. The largest absolute Gasteiger partial charge is 0.316 e. The van der Waals surface area contributed by atoms with Crippen LogP contribution in [0.4, 0.5) is 4.39 Å². The van der Waals surface area contributed by atoms with Gasteiger partial charge in [-0.3, -0.25) is 0 Å².